The monoisotopic (exact) mass is 762 g/mol. The highest BCUT2D eigenvalue weighted by Crippen LogP contribution is 2.45. The van der Waals surface area contributed by atoms with Crippen LogP contribution in [0.25, 0.3) is 113 Å². The smallest absolute Gasteiger partial charge is 0.164 e. The zero-order chi connectivity index (χ0) is 37.5. The van der Waals surface area contributed by atoms with Gasteiger partial charge in [0, 0.05) is 79.1 Å². The predicted molar refractivity (Wildman–Crippen MR) is 242 cm³/mol. The van der Waals surface area contributed by atoms with E-state index in [1.165, 1.54) is 73.3 Å². The van der Waals surface area contributed by atoms with Gasteiger partial charge in [0.05, 0.1) is 11.0 Å². The predicted octanol–water partition coefficient (Wildman–Crippen LogP) is 14.4. The lowest BCUT2D eigenvalue weighted by Gasteiger charge is -2.09. The molecule has 0 aliphatic heterocycles. The average molecular weight is 763 g/mol. The number of hydrogen-bond acceptors (Lipinski definition) is 5. The van der Waals surface area contributed by atoms with Crippen LogP contribution >= 0.6 is 22.7 Å². The Labute approximate surface area is 335 Å². The van der Waals surface area contributed by atoms with E-state index in [9.17, 15) is 0 Å². The first-order chi connectivity index (χ1) is 28.3. The summed E-state index contributed by atoms with van der Waals surface area (Å²) in [4.78, 5) is 15.5. The summed E-state index contributed by atoms with van der Waals surface area (Å²) in [6, 6.07) is 64.8. The van der Waals surface area contributed by atoms with Crippen molar-refractivity contribution in [3.05, 3.63) is 182 Å². The first-order valence-corrected chi connectivity index (χ1v) is 20.7. The molecule has 0 aliphatic rings. The molecule has 266 valence electrons. The zero-order valence-electron chi connectivity index (χ0n) is 30.4. The summed E-state index contributed by atoms with van der Waals surface area (Å²) in [6.45, 7) is 0. The van der Waals surface area contributed by atoms with Crippen molar-refractivity contribution in [2.75, 3.05) is 0 Å². The van der Waals surface area contributed by atoms with Crippen LogP contribution in [0.1, 0.15) is 0 Å². The van der Waals surface area contributed by atoms with Gasteiger partial charge in [-0.25, -0.2) is 15.0 Å². The first-order valence-electron chi connectivity index (χ1n) is 19.0. The fourth-order valence-electron chi connectivity index (χ4n) is 8.55. The summed E-state index contributed by atoms with van der Waals surface area (Å²) in [5.41, 5.74) is 8.97. The molecule has 0 radical (unpaired) electrons. The van der Waals surface area contributed by atoms with Gasteiger partial charge < -0.3 is 4.57 Å². The number of aromatic nitrogens is 4. The molecular weight excluding hydrogens is 733 g/mol. The van der Waals surface area contributed by atoms with Crippen LogP contribution in [0, 0.1) is 0 Å². The highest BCUT2D eigenvalue weighted by molar-refractivity contribution is 7.26. The van der Waals surface area contributed by atoms with E-state index in [1.54, 1.807) is 11.3 Å². The van der Waals surface area contributed by atoms with E-state index < -0.39 is 0 Å². The normalized spacial score (nSPS) is 11.9. The molecule has 12 rings (SSSR count). The standard InChI is InChI=1S/C51H30N4S2/c1-3-14-31(15-4-1)49-52-50(54-51(53-49)40-23-13-27-44-47(40)39-19-8-10-26-43(39)56-44)32-28-29-34-36-21-11-22-37(48(36)57-45(34)30-32)35-20-12-25-42-46(35)38-18-7-9-24-41(38)55(42)33-16-5-2-6-17-33/h1-30H. The third kappa shape index (κ3) is 5.08. The summed E-state index contributed by atoms with van der Waals surface area (Å²) in [7, 11) is 0. The Kier molecular flexibility index (Phi) is 7.24. The number of rotatable bonds is 5. The van der Waals surface area contributed by atoms with Crippen LogP contribution in [0.3, 0.4) is 0 Å². The van der Waals surface area contributed by atoms with Gasteiger partial charge in [0.15, 0.2) is 17.5 Å². The van der Waals surface area contributed by atoms with Gasteiger partial charge in [-0.1, -0.05) is 140 Å². The zero-order valence-corrected chi connectivity index (χ0v) is 32.1. The van der Waals surface area contributed by atoms with Crippen molar-refractivity contribution in [1.29, 1.82) is 0 Å². The molecule has 4 nitrogen and oxygen atoms in total. The molecule has 0 saturated carbocycles. The molecule has 0 bridgehead atoms. The highest BCUT2D eigenvalue weighted by atomic mass is 32.1. The van der Waals surface area contributed by atoms with Gasteiger partial charge in [0.25, 0.3) is 0 Å². The van der Waals surface area contributed by atoms with Crippen LogP contribution in [-0.2, 0) is 0 Å². The fourth-order valence-corrected chi connectivity index (χ4v) is 11.0. The summed E-state index contributed by atoms with van der Waals surface area (Å²) < 4.78 is 7.33. The van der Waals surface area contributed by atoms with Crippen LogP contribution in [0.15, 0.2) is 182 Å². The van der Waals surface area contributed by atoms with E-state index in [1.807, 2.05) is 29.5 Å². The minimum absolute atomic E-state index is 0.661. The molecule has 0 N–H and O–H groups in total. The molecular formula is C51H30N4S2. The van der Waals surface area contributed by atoms with Crippen LogP contribution in [0.2, 0.25) is 0 Å². The van der Waals surface area contributed by atoms with Gasteiger partial charge in [-0.3, -0.25) is 0 Å². The van der Waals surface area contributed by atoms with Crippen molar-refractivity contribution >= 4 is 84.8 Å². The lowest BCUT2D eigenvalue weighted by molar-refractivity contribution is 1.08. The summed E-state index contributed by atoms with van der Waals surface area (Å²) in [5.74, 6) is 2.00. The van der Waals surface area contributed by atoms with Crippen LogP contribution < -0.4 is 0 Å². The maximum atomic E-state index is 5.24. The highest BCUT2D eigenvalue weighted by Gasteiger charge is 2.20. The maximum absolute atomic E-state index is 5.24. The van der Waals surface area contributed by atoms with Crippen molar-refractivity contribution in [1.82, 2.24) is 19.5 Å². The van der Waals surface area contributed by atoms with Gasteiger partial charge in [-0.2, -0.15) is 0 Å². The molecule has 0 fully saturated rings. The molecule has 0 saturated heterocycles. The summed E-state index contributed by atoms with van der Waals surface area (Å²) >= 11 is 3.64. The second-order valence-electron chi connectivity index (χ2n) is 14.3. The largest absolute Gasteiger partial charge is 0.309 e. The van der Waals surface area contributed by atoms with E-state index in [4.69, 9.17) is 15.0 Å². The van der Waals surface area contributed by atoms with Crippen LogP contribution in [-0.4, -0.2) is 19.5 Å². The first kappa shape index (κ1) is 32.3. The van der Waals surface area contributed by atoms with E-state index in [0.29, 0.717) is 17.5 Å². The maximum Gasteiger partial charge on any atom is 0.164 e. The van der Waals surface area contributed by atoms with E-state index in [0.717, 1.165) is 22.4 Å². The Morgan fingerprint density at radius 1 is 0.351 bits per heavy atom. The fraction of sp³-hybridized carbons (Fsp3) is 0. The van der Waals surface area contributed by atoms with E-state index in [2.05, 4.69) is 168 Å². The Balaban J connectivity index is 1.05. The Morgan fingerprint density at radius 3 is 1.86 bits per heavy atom. The molecule has 4 aromatic heterocycles. The molecule has 0 atom stereocenters. The molecule has 6 heteroatoms. The van der Waals surface area contributed by atoms with Gasteiger partial charge >= 0.3 is 0 Å². The molecule has 8 aromatic carbocycles. The SMILES string of the molecule is c1ccc(-c2nc(-c3ccc4c(c3)sc3c(-c5cccc6c5c5ccccc5n6-c5ccccc5)cccc34)nc(-c3cccc4sc5ccccc5c34)n2)cc1. The summed E-state index contributed by atoms with van der Waals surface area (Å²) in [6.07, 6.45) is 0. The second-order valence-corrected chi connectivity index (χ2v) is 16.5. The third-order valence-corrected chi connectivity index (χ3v) is 13.4. The molecule has 0 aliphatic carbocycles. The van der Waals surface area contributed by atoms with Crippen molar-refractivity contribution < 1.29 is 0 Å². The molecule has 0 amide bonds. The number of nitrogens with zero attached hydrogens (tertiary/aromatic N) is 4. The Hall–Kier alpha value is -6.99. The van der Waals surface area contributed by atoms with Gasteiger partial charge in [0.2, 0.25) is 0 Å². The number of para-hydroxylation sites is 2. The second kappa shape index (κ2) is 12.8. The number of thiophene rings is 2. The number of hydrogen-bond donors (Lipinski definition) is 0. The molecule has 4 heterocycles. The molecule has 12 aromatic rings. The Bertz CT molecular complexity index is 3530. The van der Waals surface area contributed by atoms with Crippen molar-refractivity contribution in [2.45, 2.75) is 0 Å². The lowest BCUT2D eigenvalue weighted by Crippen LogP contribution is -2.00. The lowest BCUT2D eigenvalue weighted by atomic mass is 9.97. The van der Waals surface area contributed by atoms with Crippen molar-refractivity contribution in [3.63, 3.8) is 0 Å². The van der Waals surface area contributed by atoms with Crippen molar-refractivity contribution in [2.24, 2.45) is 0 Å². The van der Waals surface area contributed by atoms with Crippen LogP contribution in [0.4, 0.5) is 0 Å². The summed E-state index contributed by atoms with van der Waals surface area (Å²) in [5, 5.41) is 7.40. The average Bonchev–Trinajstić information content (AvgIpc) is 3.96. The van der Waals surface area contributed by atoms with Gasteiger partial charge in [-0.15, -0.1) is 22.7 Å². The van der Waals surface area contributed by atoms with Gasteiger partial charge in [-0.05, 0) is 48.0 Å². The molecule has 57 heavy (non-hydrogen) atoms. The van der Waals surface area contributed by atoms with Crippen molar-refractivity contribution in [3.8, 4) is 51.0 Å². The molecule has 0 spiro atoms. The minimum atomic E-state index is 0.661. The van der Waals surface area contributed by atoms with E-state index in [-0.39, 0.29) is 0 Å². The minimum Gasteiger partial charge on any atom is -0.309 e. The quantitative estimate of drug-likeness (QED) is 0.175. The number of fused-ring (bicyclic) bond motifs is 9. The Morgan fingerprint density at radius 2 is 0.982 bits per heavy atom. The van der Waals surface area contributed by atoms with Gasteiger partial charge in [0.1, 0.15) is 0 Å². The van der Waals surface area contributed by atoms with E-state index >= 15 is 0 Å². The topological polar surface area (TPSA) is 43.6 Å². The van der Waals surface area contributed by atoms with Crippen LogP contribution in [0.5, 0.6) is 0 Å². The molecule has 0 unspecified atom stereocenters. The third-order valence-electron chi connectivity index (χ3n) is 11.1. The number of benzene rings is 8.